The van der Waals surface area contributed by atoms with Crippen LogP contribution in [0.2, 0.25) is 0 Å². The van der Waals surface area contributed by atoms with Crippen LogP contribution in [-0.2, 0) is 40.0 Å². The van der Waals surface area contributed by atoms with E-state index in [0.29, 0.717) is 48.1 Å². The maximum atomic E-state index is 14.6. The third kappa shape index (κ3) is 7.11. The molecule has 6 atom stereocenters. The highest BCUT2D eigenvalue weighted by atomic mass is 32.2. The number of aromatic nitrogens is 2. The van der Waals surface area contributed by atoms with Gasteiger partial charge in [-0.05, 0) is 98.9 Å². The van der Waals surface area contributed by atoms with Crippen molar-refractivity contribution in [2.45, 2.75) is 77.2 Å². The van der Waals surface area contributed by atoms with Gasteiger partial charge in [-0.1, -0.05) is 49.8 Å². The van der Waals surface area contributed by atoms with Crippen LogP contribution in [0.5, 0.6) is 5.75 Å². The molecule has 272 valence electrons. The van der Waals surface area contributed by atoms with Crippen molar-refractivity contribution in [2.24, 2.45) is 29.2 Å². The molecule has 3 aromatic rings. The fourth-order valence-electron chi connectivity index (χ4n) is 8.71. The molecule has 1 aromatic heterocycles. The van der Waals surface area contributed by atoms with Gasteiger partial charge in [-0.15, -0.1) is 4.36 Å². The summed E-state index contributed by atoms with van der Waals surface area (Å²) in [6.45, 7) is 8.14. The highest BCUT2D eigenvalue weighted by molar-refractivity contribution is 7.92. The molecule has 2 aliphatic heterocycles. The molecular formula is C40H51N5O5S. The zero-order chi connectivity index (χ0) is 35.9. The monoisotopic (exact) mass is 713 g/mol. The van der Waals surface area contributed by atoms with Gasteiger partial charge in [-0.25, -0.2) is 4.21 Å². The van der Waals surface area contributed by atoms with E-state index in [4.69, 9.17) is 9.47 Å². The van der Waals surface area contributed by atoms with Gasteiger partial charge in [0.2, 0.25) is 0 Å². The van der Waals surface area contributed by atoms with Crippen LogP contribution in [0, 0.1) is 24.7 Å². The Balaban J connectivity index is 1.31. The van der Waals surface area contributed by atoms with E-state index in [1.807, 2.05) is 26.0 Å². The molecule has 3 heterocycles. The molecule has 4 aliphatic rings. The second-order valence-electron chi connectivity index (χ2n) is 15.3. The first-order chi connectivity index (χ1) is 24.5. The number of ether oxygens (including phenoxy) is 2. The highest BCUT2D eigenvalue weighted by Crippen LogP contribution is 2.47. The third-order valence-corrected chi connectivity index (χ3v) is 13.4. The van der Waals surface area contributed by atoms with Gasteiger partial charge in [0, 0.05) is 44.4 Å². The van der Waals surface area contributed by atoms with Gasteiger partial charge in [-0.3, -0.25) is 19.0 Å². The summed E-state index contributed by atoms with van der Waals surface area (Å²) in [5, 5.41) is 4.38. The van der Waals surface area contributed by atoms with Crippen LogP contribution in [-0.4, -0.2) is 64.5 Å². The summed E-state index contributed by atoms with van der Waals surface area (Å²) in [5.41, 5.74) is 5.91. The number of benzene rings is 2. The van der Waals surface area contributed by atoms with E-state index in [2.05, 4.69) is 56.4 Å². The van der Waals surface area contributed by atoms with E-state index in [9.17, 15) is 13.8 Å². The molecule has 0 radical (unpaired) electrons. The first kappa shape index (κ1) is 35.4. The van der Waals surface area contributed by atoms with Crippen molar-refractivity contribution in [3.63, 3.8) is 0 Å². The number of methoxy groups -OCH3 is 1. The van der Waals surface area contributed by atoms with Crippen LogP contribution in [0.1, 0.15) is 89.1 Å². The third-order valence-electron chi connectivity index (χ3n) is 11.4. The number of anilines is 1. The number of carbonyl (C=O) groups is 2. The number of rotatable bonds is 4. The molecule has 7 rings (SSSR count). The Bertz CT molecular complexity index is 1980. The van der Waals surface area contributed by atoms with Crippen molar-refractivity contribution >= 4 is 27.4 Å². The van der Waals surface area contributed by atoms with Crippen molar-refractivity contribution < 1.29 is 23.3 Å². The van der Waals surface area contributed by atoms with Crippen LogP contribution in [0.4, 0.5) is 5.69 Å². The number of hydrogen-bond acceptors (Lipinski definition) is 7. The van der Waals surface area contributed by atoms with Crippen LogP contribution in [0.3, 0.4) is 0 Å². The molecule has 2 aromatic carbocycles. The van der Waals surface area contributed by atoms with Gasteiger partial charge in [0.1, 0.15) is 15.7 Å². The number of nitrogens with zero attached hydrogens (tertiary/aromatic N) is 4. The molecule has 1 fully saturated rings. The number of hydrogen-bond donors (Lipinski definition) is 1. The topological polar surface area (TPSA) is 115 Å². The summed E-state index contributed by atoms with van der Waals surface area (Å²) in [7, 11) is -0.00957. The smallest absolute Gasteiger partial charge is 0.286 e. The summed E-state index contributed by atoms with van der Waals surface area (Å²) in [4.78, 5) is 30.1. The molecule has 0 saturated heterocycles. The van der Waals surface area contributed by atoms with Crippen molar-refractivity contribution in [2.75, 3.05) is 37.5 Å². The van der Waals surface area contributed by atoms with Gasteiger partial charge < -0.3 is 14.4 Å². The Labute approximate surface area is 302 Å². The lowest BCUT2D eigenvalue weighted by Crippen LogP contribution is -2.49. The van der Waals surface area contributed by atoms with Crippen molar-refractivity contribution in [3.8, 4) is 5.75 Å². The SMILES string of the molecule is CCc1nn(C)cc1C(=O)NS1(=O)=NC(=O)c2ccc3c(c2)N(C[C@@H]2CC[C@H]2[C@@H](OC)/C=C/C[C@H](C)C1)C[C@@]1(CCCc2cc(C)ccc21)CO3. The number of carbonyl (C=O) groups excluding carboxylic acids is 2. The fourth-order valence-corrected chi connectivity index (χ4v) is 10.6. The Morgan fingerprint density at radius 1 is 1.20 bits per heavy atom. The van der Waals surface area contributed by atoms with Gasteiger partial charge in [0.25, 0.3) is 11.8 Å². The molecule has 51 heavy (non-hydrogen) atoms. The van der Waals surface area contributed by atoms with Crippen LogP contribution in [0.15, 0.2) is 59.1 Å². The quantitative estimate of drug-likeness (QED) is 0.313. The van der Waals surface area contributed by atoms with Crippen LogP contribution in [0.25, 0.3) is 0 Å². The van der Waals surface area contributed by atoms with Gasteiger partial charge in [-0.2, -0.15) is 5.10 Å². The summed E-state index contributed by atoms with van der Waals surface area (Å²) in [6.07, 6.45) is 12.3. The Morgan fingerprint density at radius 3 is 2.80 bits per heavy atom. The zero-order valence-corrected chi connectivity index (χ0v) is 31.3. The van der Waals surface area contributed by atoms with E-state index in [1.165, 1.54) is 16.7 Å². The molecule has 2 bridgehead atoms. The van der Waals surface area contributed by atoms with Crippen molar-refractivity contribution in [3.05, 3.63) is 88.3 Å². The summed E-state index contributed by atoms with van der Waals surface area (Å²) in [5.74, 6) is 0.197. The molecule has 11 heteroatoms. The second kappa shape index (κ2) is 14.2. The van der Waals surface area contributed by atoms with E-state index < -0.39 is 21.7 Å². The first-order valence-electron chi connectivity index (χ1n) is 18.4. The Morgan fingerprint density at radius 2 is 2.04 bits per heavy atom. The van der Waals surface area contributed by atoms with Crippen LogP contribution < -0.4 is 14.4 Å². The lowest BCUT2D eigenvalue weighted by atomic mass is 9.68. The summed E-state index contributed by atoms with van der Waals surface area (Å²) >= 11 is 0. The number of aryl methyl sites for hydroxylation is 4. The molecule has 10 nitrogen and oxygen atoms in total. The minimum Gasteiger partial charge on any atom is -0.490 e. The number of amides is 2. The molecule has 2 aliphatic carbocycles. The van der Waals surface area contributed by atoms with E-state index in [-0.39, 0.29) is 23.2 Å². The summed E-state index contributed by atoms with van der Waals surface area (Å²) in [6, 6.07) is 12.3. The maximum Gasteiger partial charge on any atom is 0.286 e. The fraction of sp³-hybridized carbons (Fsp3) is 0.525. The van der Waals surface area contributed by atoms with Crippen LogP contribution >= 0.6 is 0 Å². The van der Waals surface area contributed by atoms with E-state index in [1.54, 1.807) is 31.1 Å². The largest absolute Gasteiger partial charge is 0.490 e. The Kier molecular flexibility index (Phi) is 9.88. The number of allylic oxidation sites excluding steroid dienone is 1. The second-order valence-corrected chi connectivity index (χ2v) is 17.3. The molecular weight excluding hydrogens is 663 g/mol. The van der Waals surface area contributed by atoms with Crippen molar-refractivity contribution in [1.29, 1.82) is 0 Å². The number of nitrogens with one attached hydrogen (secondary N) is 1. The summed E-state index contributed by atoms with van der Waals surface area (Å²) < 4.78 is 35.9. The average Bonchev–Trinajstić information content (AvgIpc) is 3.40. The van der Waals surface area contributed by atoms with Crippen molar-refractivity contribution in [1.82, 2.24) is 14.5 Å². The average molecular weight is 714 g/mol. The Hall–Kier alpha value is -3.96. The standard InChI is InChI=1S/C40H51N5O5S/c1-6-34-32(22-44(4)41-34)39(47)43-51(48)23-27(3)9-7-11-36(49-5)31-15-13-30(31)21-45-24-40(18-8-10-28-19-26(2)12-16-33(28)40)25-50-37-17-14-29(20-35(37)45)38(46)42-51/h7,11-12,14,16-17,19-20,22,27,30-31,36H,6,8-10,13,15,18,21,23-25H2,1-5H3,(H,42,43,46,47,48)/b11-7+/t27-,30-,31+,36-,40-,51?/m0/s1. The van der Waals surface area contributed by atoms with E-state index >= 15 is 0 Å². The lowest BCUT2D eigenvalue weighted by Gasteiger charge is -2.46. The predicted octanol–water partition coefficient (Wildman–Crippen LogP) is 6.35. The van der Waals surface area contributed by atoms with Gasteiger partial charge in [0.05, 0.1) is 35.4 Å². The molecule has 1 N–H and O–H groups in total. The zero-order valence-electron chi connectivity index (χ0n) is 30.5. The highest BCUT2D eigenvalue weighted by Gasteiger charge is 2.44. The predicted molar refractivity (Wildman–Crippen MR) is 200 cm³/mol. The molecule has 2 amide bonds. The van der Waals surface area contributed by atoms with Gasteiger partial charge in [0.15, 0.2) is 0 Å². The normalized spacial score (nSPS) is 29.8. The molecule has 1 spiro atoms. The minimum atomic E-state index is -3.53. The van der Waals surface area contributed by atoms with E-state index in [0.717, 1.165) is 56.6 Å². The minimum absolute atomic E-state index is 0.0157. The van der Waals surface area contributed by atoms with Gasteiger partial charge >= 0.3 is 0 Å². The molecule has 1 saturated carbocycles. The maximum absolute atomic E-state index is 14.6. The first-order valence-corrected chi connectivity index (χ1v) is 20.1. The molecule has 1 unspecified atom stereocenters. The number of fused-ring (bicyclic) bond motifs is 4. The lowest BCUT2D eigenvalue weighted by molar-refractivity contribution is 0.0131.